The average molecular weight is 313 g/mol. The minimum absolute atomic E-state index is 0.573. The van der Waals surface area contributed by atoms with E-state index in [0.29, 0.717) is 6.61 Å². The van der Waals surface area contributed by atoms with Crippen LogP contribution in [0.3, 0.4) is 0 Å². The van der Waals surface area contributed by atoms with Gasteiger partial charge >= 0.3 is 0 Å². The van der Waals surface area contributed by atoms with Gasteiger partial charge in [-0.25, -0.2) is 0 Å². The molecule has 0 saturated carbocycles. The highest BCUT2D eigenvalue weighted by atomic mass is 79.9. The first-order valence-corrected chi connectivity index (χ1v) is 6.98. The SMILES string of the molecule is Brc1ccccc1OCc1cccc2ccccc12. The molecule has 0 fully saturated rings. The Morgan fingerprint density at radius 2 is 1.53 bits per heavy atom. The van der Waals surface area contributed by atoms with Crippen molar-refractivity contribution in [3.05, 3.63) is 76.8 Å². The Morgan fingerprint density at radius 3 is 2.42 bits per heavy atom. The molecular formula is C17H13BrO. The molecule has 94 valence electrons. The fourth-order valence-corrected chi connectivity index (χ4v) is 2.53. The minimum atomic E-state index is 0.573. The quantitative estimate of drug-likeness (QED) is 0.647. The third kappa shape index (κ3) is 2.64. The van der Waals surface area contributed by atoms with Gasteiger partial charge in [-0.05, 0) is 44.4 Å². The molecule has 0 atom stereocenters. The van der Waals surface area contributed by atoms with E-state index >= 15 is 0 Å². The van der Waals surface area contributed by atoms with Crippen LogP contribution in [0.2, 0.25) is 0 Å². The number of hydrogen-bond acceptors (Lipinski definition) is 1. The van der Waals surface area contributed by atoms with Crippen LogP contribution in [0.25, 0.3) is 10.8 Å². The third-order valence-corrected chi connectivity index (χ3v) is 3.75. The van der Waals surface area contributed by atoms with Gasteiger partial charge in [0.05, 0.1) is 4.47 Å². The van der Waals surface area contributed by atoms with E-state index < -0.39 is 0 Å². The molecule has 0 heterocycles. The number of halogens is 1. The molecule has 19 heavy (non-hydrogen) atoms. The Kier molecular flexibility index (Phi) is 3.51. The highest BCUT2D eigenvalue weighted by molar-refractivity contribution is 9.10. The van der Waals surface area contributed by atoms with E-state index in [1.54, 1.807) is 0 Å². The lowest BCUT2D eigenvalue weighted by molar-refractivity contribution is 0.305. The van der Waals surface area contributed by atoms with Crippen molar-refractivity contribution in [2.24, 2.45) is 0 Å². The highest BCUT2D eigenvalue weighted by Crippen LogP contribution is 2.26. The maximum Gasteiger partial charge on any atom is 0.133 e. The van der Waals surface area contributed by atoms with Gasteiger partial charge in [-0.2, -0.15) is 0 Å². The van der Waals surface area contributed by atoms with E-state index in [2.05, 4.69) is 58.4 Å². The first-order valence-electron chi connectivity index (χ1n) is 6.18. The van der Waals surface area contributed by atoms with Crippen LogP contribution in [0, 0.1) is 0 Å². The fraction of sp³-hybridized carbons (Fsp3) is 0.0588. The van der Waals surface area contributed by atoms with Gasteiger partial charge in [0.15, 0.2) is 0 Å². The molecule has 0 amide bonds. The molecule has 0 aliphatic carbocycles. The van der Waals surface area contributed by atoms with E-state index in [1.165, 1.54) is 16.3 Å². The second-order valence-electron chi connectivity index (χ2n) is 4.36. The predicted molar refractivity (Wildman–Crippen MR) is 82.4 cm³/mol. The second kappa shape index (κ2) is 5.45. The number of benzene rings is 3. The standard InChI is InChI=1S/C17H13BrO/c18-16-10-3-4-11-17(16)19-12-14-8-5-7-13-6-1-2-9-15(13)14/h1-11H,12H2. The van der Waals surface area contributed by atoms with Crippen LogP contribution in [0.4, 0.5) is 0 Å². The topological polar surface area (TPSA) is 9.23 Å². The summed E-state index contributed by atoms with van der Waals surface area (Å²) in [6.07, 6.45) is 0. The zero-order chi connectivity index (χ0) is 13.1. The lowest BCUT2D eigenvalue weighted by atomic mass is 10.1. The van der Waals surface area contributed by atoms with E-state index in [4.69, 9.17) is 4.74 Å². The van der Waals surface area contributed by atoms with E-state index in [-0.39, 0.29) is 0 Å². The van der Waals surface area contributed by atoms with Crippen molar-refractivity contribution >= 4 is 26.7 Å². The van der Waals surface area contributed by atoms with E-state index in [1.807, 2.05) is 24.3 Å². The summed E-state index contributed by atoms with van der Waals surface area (Å²) in [6.45, 7) is 0.573. The summed E-state index contributed by atoms with van der Waals surface area (Å²) in [5.41, 5.74) is 1.20. The fourth-order valence-electron chi connectivity index (χ4n) is 2.14. The Hall–Kier alpha value is -1.80. The summed E-state index contributed by atoms with van der Waals surface area (Å²) in [7, 11) is 0. The highest BCUT2D eigenvalue weighted by Gasteiger charge is 2.03. The van der Waals surface area contributed by atoms with Crippen LogP contribution < -0.4 is 4.74 Å². The van der Waals surface area contributed by atoms with Gasteiger partial charge in [-0.15, -0.1) is 0 Å². The zero-order valence-corrected chi connectivity index (χ0v) is 11.9. The Morgan fingerprint density at radius 1 is 0.789 bits per heavy atom. The molecule has 0 saturated heterocycles. The molecule has 1 nitrogen and oxygen atoms in total. The first-order chi connectivity index (χ1) is 9.34. The molecule has 0 bridgehead atoms. The van der Waals surface area contributed by atoms with Crippen LogP contribution in [0.1, 0.15) is 5.56 Å². The van der Waals surface area contributed by atoms with Gasteiger partial charge in [0, 0.05) is 0 Å². The van der Waals surface area contributed by atoms with Crippen molar-refractivity contribution in [3.63, 3.8) is 0 Å². The lowest BCUT2D eigenvalue weighted by Gasteiger charge is -2.10. The molecule has 0 radical (unpaired) electrons. The monoisotopic (exact) mass is 312 g/mol. The maximum absolute atomic E-state index is 5.88. The Labute approximate surface area is 121 Å². The lowest BCUT2D eigenvalue weighted by Crippen LogP contribution is -1.96. The number of fused-ring (bicyclic) bond motifs is 1. The first kappa shape index (κ1) is 12.2. The second-order valence-corrected chi connectivity index (χ2v) is 5.21. The van der Waals surface area contributed by atoms with Crippen LogP contribution >= 0.6 is 15.9 Å². The molecule has 3 aromatic carbocycles. The van der Waals surface area contributed by atoms with E-state index in [9.17, 15) is 0 Å². The van der Waals surface area contributed by atoms with Gasteiger partial charge in [-0.3, -0.25) is 0 Å². The van der Waals surface area contributed by atoms with Gasteiger partial charge in [0.2, 0.25) is 0 Å². The molecule has 0 N–H and O–H groups in total. The third-order valence-electron chi connectivity index (χ3n) is 3.10. The molecular weight excluding hydrogens is 300 g/mol. The van der Waals surface area contributed by atoms with E-state index in [0.717, 1.165) is 10.2 Å². The molecule has 2 heteroatoms. The summed E-state index contributed by atoms with van der Waals surface area (Å²) >= 11 is 3.49. The van der Waals surface area contributed by atoms with Crippen molar-refractivity contribution in [1.82, 2.24) is 0 Å². The summed E-state index contributed by atoms with van der Waals surface area (Å²) in [5, 5.41) is 2.49. The largest absolute Gasteiger partial charge is 0.488 e. The normalized spacial score (nSPS) is 10.6. The van der Waals surface area contributed by atoms with Crippen LogP contribution in [-0.2, 0) is 6.61 Å². The number of ether oxygens (including phenoxy) is 1. The molecule has 3 rings (SSSR count). The summed E-state index contributed by atoms with van der Waals surface area (Å²) < 4.78 is 6.87. The Balaban J connectivity index is 1.88. The molecule has 3 aromatic rings. The van der Waals surface area contributed by atoms with Gasteiger partial charge < -0.3 is 4.74 Å². The minimum Gasteiger partial charge on any atom is -0.488 e. The van der Waals surface area contributed by atoms with Crippen molar-refractivity contribution in [1.29, 1.82) is 0 Å². The van der Waals surface area contributed by atoms with Gasteiger partial charge in [0.1, 0.15) is 12.4 Å². The number of hydrogen-bond donors (Lipinski definition) is 0. The van der Waals surface area contributed by atoms with Gasteiger partial charge in [0.25, 0.3) is 0 Å². The van der Waals surface area contributed by atoms with Crippen molar-refractivity contribution < 1.29 is 4.74 Å². The van der Waals surface area contributed by atoms with Crippen LogP contribution in [0.5, 0.6) is 5.75 Å². The predicted octanol–water partition coefficient (Wildman–Crippen LogP) is 5.18. The summed E-state index contributed by atoms with van der Waals surface area (Å²) in [4.78, 5) is 0. The number of rotatable bonds is 3. The van der Waals surface area contributed by atoms with Crippen LogP contribution in [0.15, 0.2) is 71.2 Å². The summed E-state index contributed by atoms with van der Waals surface area (Å²) in [6, 6.07) is 22.6. The summed E-state index contributed by atoms with van der Waals surface area (Å²) in [5.74, 6) is 0.871. The molecule has 0 aliphatic heterocycles. The smallest absolute Gasteiger partial charge is 0.133 e. The van der Waals surface area contributed by atoms with Crippen molar-refractivity contribution in [2.75, 3.05) is 0 Å². The van der Waals surface area contributed by atoms with Gasteiger partial charge in [-0.1, -0.05) is 54.6 Å². The molecule has 0 spiro atoms. The number of para-hydroxylation sites is 1. The maximum atomic E-state index is 5.88. The molecule has 0 aliphatic rings. The average Bonchev–Trinajstić information content (AvgIpc) is 2.46. The van der Waals surface area contributed by atoms with Crippen molar-refractivity contribution in [2.45, 2.75) is 6.61 Å². The molecule has 0 unspecified atom stereocenters. The Bertz CT molecular complexity index is 701. The molecule has 0 aromatic heterocycles. The zero-order valence-electron chi connectivity index (χ0n) is 10.3. The van der Waals surface area contributed by atoms with Crippen molar-refractivity contribution in [3.8, 4) is 5.75 Å². The van der Waals surface area contributed by atoms with Crippen LogP contribution in [-0.4, -0.2) is 0 Å².